The van der Waals surface area contributed by atoms with Crippen molar-refractivity contribution in [1.82, 2.24) is 14.3 Å². The molecule has 1 aromatic heterocycles. The average Bonchev–Trinajstić information content (AvgIpc) is 3.49. The van der Waals surface area contributed by atoms with Crippen molar-refractivity contribution in [1.29, 1.82) is 0 Å². The van der Waals surface area contributed by atoms with E-state index < -0.39 is 70.9 Å². The van der Waals surface area contributed by atoms with Crippen molar-refractivity contribution in [2.45, 2.75) is 44.1 Å². The number of alkyl halides is 3. The summed E-state index contributed by atoms with van der Waals surface area (Å²) < 4.78 is 89.9. The quantitative estimate of drug-likeness (QED) is 0.423. The van der Waals surface area contributed by atoms with Crippen LogP contribution in [0.25, 0.3) is 5.69 Å². The van der Waals surface area contributed by atoms with Gasteiger partial charge in [0.2, 0.25) is 0 Å². The molecule has 0 radical (unpaired) electrons. The van der Waals surface area contributed by atoms with Gasteiger partial charge in [0.15, 0.2) is 6.10 Å². The fourth-order valence-electron chi connectivity index (χ4n) is 4.24. The number of hydrogen-bond acceptors (Lipinski definition) is 4. The van der Waals surface area contributed by atoms with Gasteiger partial charge in [-0.2, -0.15) is 4.68 Å². The molecule has 1 amide bonds. The van der Waals surface area contributed by atoms with Crippen LogP contribution in [0.5, 0.6) is 5.75 Å². The van der Waals surface area contributed by atoms with Gasteiger partial charge in [0.25, 0.3) is 12.3 Å². The van der Waals surface area contributed by atoms with Crippen molar-refractivity contribution in [3.8, 4) is 11.4 Å². The average molecular weight is 528 g/mol. The van der Waals surface area contributed by atoms with E-state index in [1.807, 2.05) is 5.32 Å². The van der Waals surface area contributed by atoms with Gasteiger partial charge in [0, 0.05) is 19.0 Å². The molecule has 13 heteroatoms. The van der Waals surface area contributed by atoms with E-state index in [0.29, 0.717) is 16.6 Å². The van der Waals surface area contributed by atoms with Gasteiger partial charge in [-0.05, 0) is 31.0 Å². The Labute approximate surface area is 206 Å². The molecule has 37 heavy (non-hydrogen) atoms. The van der Waals surface area contributed by atoms with Crippen LogP contribution in [-0.4, -0.2) is 39.5 Å². The molecular weight excluding hydrogens is 506 g/mol. The van der Waals surface area contributed by atoms with Crippen LogP contribution < -0.4 is 15.7 Å². The minimum atomic E-state index is -3.33. The Hall–Kier alpha value is -3.77. The lowest BCUT2D eigenvalue weighted by molar-refractivity contribution is -0.00158. The number of nitrogens with one attached hydrogen (secondary N) is 1. The number of nitrogens with zero attached hydrogens (tertiary/aromatic N) is 3. The molecule has 1 N–H and O–H groups in total. The molecule has 1 fully saturated rings. The van der Waals surface area contributed by atoms with Crippen LogP contribution in [0.1, 0.15) is 47.8 Å². The van der Waals surface area contributed by atoms with Crippen LogP contribution in [-0.2, 0) is 7.05 Å². The summed E-state index contributed by atoms with van der Waals surface area (Å²) in [5, 5.41) is 6.11. The van der Waals surface area contributed by atoms with Crippen molar-refractivity contribution < 1.29 is 35.9 Å². The number of halogens is 6. The van der Waals surface area contributed by atoms with Gasteiger partial charge in [0.05, 0.1) is 5.56 Å². The third-order valence-corrected chi connectivity index (χ3v) is 6.17. The zero-order chi connectivity index (χ0) is 26.9. The van der Waals surface area contributed by atoms with Gasteiger partial charge >= 0.3 is 5.69 Å². The Morgan fingerprint density at radius 3 is 2.38 bits per heavy atom. The largest absolute Gasteiger partial charge is 0.481 e. The Morgan fingerprint density at radius 1 is 1.14 bits per heavy atom. The summed E-state index contributed by atoms with van der Waals surface area (Å²) in [5.41, 5.74) is -2.92. The molecule has 4 rings (SSSR count). The third-order valence-electron chi connectivity index (χ3n) is 6.17. The smallest absolute Gasteiger partial charge is 0.350 e. The maximum Gasteiger partial charge on any atom is 0.350 e. The van der Waals surface area contributed by atoms with Crippen molar-refractivity contribution in [2.75, 3.05) is 12.0 Å². The van der Waals surface area contributed by atoms with E-state index in [0.717, 1.165) is 49.9 Å². The highest BCUT2D eigenvalue weighted by Gasteiger charge is 2.29. The topological polar surface area (TPSA) is 78.2 Å². The molecule has 1 atom stereocenters. The minimum absolute atomic E-state index is 0.0341. The molecule has 1 aliphatic rings. The maximum absolute atomic E-state index is 15.2. The molecule has 0 unspecified atom stereocenters. The molecule has 7 nitrogen and oxygen atoms in total. The first-order valence-electron chi connectivity index (χ1n) is 11.4. The number of para-hydroxylation sites is 1. The first-order chi connectivity index (χ1) is 17.6. The fraction of sp³-hybridized carbons (Fsp3) is 0.375. The summed E-state index contributed by atoms with van der Waals surface area (Å²) in [6, 6.07) is 4.04. The van der Waals surface area contributed by atoms with Gasteiger partial charge in [0.1, 0.15) is 47.1 Å². The van der Waals surface area contributed by atoms with Crippen LogP contribution in [0, 0.1) is 17.5 Å². The zero-order valence-corrected chi connectivity index (χ0v) is 19.5. The molecule has 1 heterocycles. The van der Waals surface area contributed by atoms with Crippen LogP contribution in [0.15, 0.2) is 35.1 Å². The first kappa shape index (κ1) is 26.3. The van der Waals surface area contributed by atoms with Gasteiger partial charge in [-0.1, -0.05) is 18.9 Å². The van der Waals surface area contributed by atoms with E-state index in [1.165, 1.54) is 11.6 Å². The van der Waals surface area contributed by atoms with E-state index in [-0.39, 0.29) is 5.92 Å². The van der Waals surface area contributed by atoms with E-state index in [1.54, 1.807) is 0 Å². The van der Waals surface area contributed by atoms with Gasteiger partial charge in [-0.15, -0.1) is 5.10 Å². The normalized spacial score (nSPS) is 14.8. The zero-order valence-electron chi connectivity index (χ0n) is 19.5. The summed E-state index contributed by atoms with van der Waals surface area (Å²) >= 11 is 0. The van der Waals surface area contributed by atoms with E-state index in [9.17, 15) is 31.5 Å². The van der Waals surface area contributed by atoms with Crippen LogP contribution in [0.3, 0.4) is 0 Å². The fourth-order valence-corrected chi connectivity index (χ4v) is 4.24. The molecule has 3 aromatic rings. The number of carbonyl (C=O) groups is 1. The van der Waals surface area contributed by atoms with E-state index >= 15 is 4.39 Å². The first-order valence-corrected chi connectivity index (χ1v) is 11.4. The van der Waals surface area contributed by atoms with Crippen molar-refractivity contribution in [3.05, 3.63) is 69.7 Å². The molecule has 2 aromatic carbocycles. The second kappa shape index (κ2) is 10.7. The Morgan fingerprint density at radius 2 is 1.78 bits per heavy atom. The number of amides is 1. The van der Waals surface area contributed by atoms with Gasteiger partial charge in [-0.25, -0.2) is 31.1 Å². The highest BCUT2D eigenvalue weighted by atomic mass is 19.3. The van der Waals surface area contributed by atoms with Crippen LogP contribution in [0.4, 0.5) is 32.0 Å². The Balaban J connectivity index is 1.80. The Kier molecular flexibility index (Phi) is 7.60. The van der Waals surface area contributed by atoms with E-state index in [4.69, 9.17) is 4.74 Å². The molecule has 0 saturated heterocycles. The highest BCUT2D eigenvalue weighted by molar-refractivity contribution is 6.06. The van der Waals surface area contributed by atoms with Crippen molar-refractivity contribution in [2.24, 2.45) is 7.05 Å². The van der Waals surface area contributed by atoms with Crippen LogP contribution in [0.2, 0.25) is 0 Å². The van der Waals surface area contributed by atoms with E-state index in [2.05, 4.69) is 5.10 Å². The molecule has 1 aliphatic carbocycles. The summed E-state index contributed by atoms with van der Waals surface area (Å²) in [5.74, 6) is -5.18. The number of rotatable bonds is 8. The summed E-state index contributed by atoms with van der Waals surface area (Å²) in [4.78, 5) is 25.7. The molecule has 0 bridgehead atoms. The Bertz CT molecular complexity index is 1350. The number of aromatic nitrogens is 3. The molecule has 198 valence electrons. The van der Waals surface area contributed by atoms with Gasteiger partial charge in [-0.3, -0.25) is 9.36 Å². The second-order valence-electron chi connectivity index (χ2n) is 8.59. The summed E-state index contributed by atoms with van der Waals surface area (Å²) in [6.45, 7) is -1.66. The number of carbonyl (C=O) groups excluding carboxylic acids is 1. The van der Waals surface area contributed by atoms with Crippen molar-refractivity contribution in [3.63, 3.8) is 0 Å². The molecule has 0 spiro atoms. The predicted octanol–water partition coefficient (Wildman–Crippen LogP) is 4.88. The number of ether oxygens (including phenoxy) is 1. The lowest BCUT2D eigenvalue weighted by Crippen LogP contribution is -2.29. The maximum atomic E-state index is 15.2. The highest BCUT2D eigenvalue weighted by Crippen LogP contribution is 2.33. The molecule has 0 aliphatic heterocycles. The number of benzene rings is 2. The number of hydrogen-bond donors (Lipinski definition) is 1. The predicted molar refractivity (Wildman–Crippen MR) is 121 cm³/mol. The monoisotopic (exact) mass is 528 g/mol. The number of anilines is 1. The summed E-state index contributed by atoms with van der Waals surface area (Å²) in [7, 11) is 1.45. The standard InChI is InChI=1S/C24H22F6N4O3/c1-33-22(12-5-2-3-6-12)32-34(24(33)36)17-10-18(37-19(11-25)21(29)30)13(9-16(17)28)23(35)31-20-14(26)7-4-8-15(20)27/h4,7-10,12,19,21H,2-3,5-6,11H2,1H3,(H,31,35)/t19-/m0/s1. The lowest BCUT2D eigenvalue weighted by Gasteiger charge is -2.19. The molecule has 1 saturated carbocycles. The SMILES string of the molecule is Cn1c(C2CCCC2)nn(-c2cc(O[C@@H](CF)C(F)F)c(C(=O)Nc3c(F)cccc3F)cc2F)c1=O. The van der Waals surface area contributed by atoms with Crippen LogP contribution >= 0.6 is 0 Å². The summed E-state index contributed by atoms with van der Waals surface area (Å²) in [6.07, 6.45) is -2.25. The molecular formula is C24H22F6N4O3. The minimum Gasteiger partial charge on any atom is -0.481 e. The lowest BCUT2D eigenvalue weighted by atomic mass is 10.1. The van der Waals surface area contributed by atoms with Crippen molar-refractivity contribution >= 4 is 11.6 Å². The third kappa shape index (κ3) is 5.20. The van der Waals surface area contributed by atoms with Gasteiger partial charge < -0.3 is 10.1 Å². The second-order valence-corrected chi connectivity index (χ2v) is 8.59.